The third-order valence-corrected chi connectivity index (χ3v) is 3.02. The summed E-state index contributed by atoms with van der Waals surface area (Å²) in [5, 5.41) is 1.21. The molecule has 0 spiro atoms. The van der Waals surface area contributed by atoms with Crippen LogP contribution in [0.1, 0.15) is 16.8 Å². The summed E-state index contributed by atoms with van der Waals surface area (Å²) in [4.78, 5) is 7.82. The van der Waals surface area contributed by atoms with E-state index in [1.807, 2.05) is 24.4 Å². The highest BCUT2D eigenvalue weighted by atomic mass is 16.3. The van der Waals surface area contributed by atoms with E-state index in [-0.39, 0.29) is 0 Å². The predicted molar refractivity (Wildman–Crippen MR) is 73.0 cm³/mol. The number of hydrogen-bond acceptors (Lipinski definition) is 2. The van der Waals surface area contributed by atoms with Crippen molar-refractivity contribution in [3.8, 4) is 0 Å². The fraction of sp³-hybridized carbons (Fsp3) is 0.133. The average Bonchev–Trinajstić information content (AvgIpc) is 2.98. The molecule has 0 amide bonds. The molecule has 0 aliphatic rings. The van der Waals surface area contributed by atoms with Gasteiger partial charge in [0.1, 0.15) is 0 Å². The first kappa shape index (κ1) is 10.8. The number of H-pyrrole nitrogens is 1. The van der Waals surface area contributed by atoms with Crippen LogP contribution >= 0.6 is 0 Å². The summed E-state index contributed by atoms with van der Waals surface area (Å²) in [7, 11) is 0. The average molecular weight is 238 g/mol. The number of aromatic nitrogens is 1. The van der Waals surface area contributed by atoms with Crippen LogP contribution in [0.2, 0.25) is 0 Å². The van der Waals surface area contributed by atoms with Gasteiger partial charge in [-0.3, -0.25) is 4.99 Å². The lowest BCUT2D eigenvalue weighted by Crippen LogP contribution is -1.84. The van der Waals surface area contributed by atoms with Crippen LogP contribution in [-0.2, 0) is 6.54 Å². The van der Waals surface area contributed by atoms with E-state index in [2.05, 4.69) is 29.0 Å². The molecule has 0 bridgehead atoms. The first-order chi connectivity index (χ1) is 8.84. The molecule has 0 fully saturated rings. The Bertz CT molecular complexity index is 678. The highest BCUT2D eigenvalue weighted by Gasteiger charge is 2.04. The van der Waals surface area contributed by atoms with Gasteiger partial charge in [0.25, 0.3) is 0 Å². The molecular formula is C15H14N2O. The van der Waals surface area contributed by atoms with Gasteiger partial charge in [-0.25, -0.2) is 0 Å². The van der Waals surface area contributed by atoms with E-state index in [0.29, 0.717) is 6.54 Å². The van der Waals surface area contributed by atoms with Crippen LogP contribution in [0.25, 0.3) is 10.9 Å². The second kappa shape index (κ2) is 4.53. The molecule has 90 valence electrons. The van der Waals surface area contributed by atoms with Gasteiger partial charge < -0.3 is 9.40 Å². The van der Waals surface area contributed by atoms with Gasteiger partial charge >= 0.3 is 0 Å². The molecule has 1 aromatic carbocycles. The number of nitrogens with one attached hydrogen (secondary N) is 1. The maximum absolute atomic E-state index is 5.02. The van der Waals surface area contributed by atoms with Crippen molar-refractivity contribution in [2.75, 3.05) is 0 Å². The second-order valence-electron chi connectivity index (χ2n) is 4.31. The number of hydrogen-bond donors (Lipinski definition) is 1. The number of fused-ring (bicyclic) bond motifs is 1. The van der Waals surface area contributed by atoms with Gasteiger partial charge in [0.05, 0.1) is 19.1 Å². The fourth-order valence-corrected chi connectivity index (χ4v) is 2.09. The van der Waals surface area contributed by atoms with E-state index in [9.17, 15) is 0 Å². The van der Waals surface area contributed by atoms with Gasteiger partial charge in [-0.1, -0.05) is 18.2 Å². The van der Waals surface area contributed by atoms with Crippen LogP contribution in [0.4, 0.5) is 0 Å². The van der Waals surface area contributed by atoms with Crippen molar-refractivity contribution in [2.45, 2.75) is 13.5 Å². The van der Waals surface area contributed by atoms with Crippen LogP contribution in [-0.4, -0.2) is 11.2 Å². The van der Waals surface area contributed by atoms with Crippen LogP contribution in [0.3, 0.4) is 0 Å². The van der Waals surface area contributed by atoms with Crippen molar-refractivity contribution < 1.29 is 4.42 Å². The maximum atomic E-state index is 5.02. The third-order valence-electron chi connectivity index (χ3n) is 3.02. The smallest absolute Gasteiger partial charge is 0.0953 e. The van der Waals surface area contributed by atoms with Gasteiger partial charge in [-0.2, -0.15) is 0 Å². The van der Waals surface area contributed by atoms with Crippen molar-refractivity contribution in [3.05, 3.63) is 59.7 Å². The summed E-state index contributed by atoms with van der Waals surface area (Å²) in [5.74, 6) is 0. The van der Waals surface area contributed by atoms with Gasteiger partial charge in [-0.15, -0.1) is 0 Å². The summed E-state index contributed by atoms with van der Waals surface area (Å²) >= 11 is 0. The van der Waals surface area contributed by atoms with E-state index in [4.69, 9.17) is 4.42 Å². The molecule has 3 nitrogen and oxygen atoms in total. The quantitative estimate of drug-likeness (QED) is 0.695. The Morgan fingerprint density at radius 2 is 2.17 bits per heavy atom. The lowest BCUT2D eigenvalue weighted by molar-refractivity contribution is 0.564. The summed E-state index contributed by atoms with van der Waals surface area (Å²) in [6.45, 7) is 2.72. The molecule has 0 radical (unpaired) electrons. The van der Waals surface area contributed by atoms with Crippen molar-refractivity contribution in [1.29, 1.82) is 0 Å². The largest absolute Gasteiger partial charge is 0.472 e. The Hall–Kier alpha value is -2.29. The van der Waals surface area contributed by atoms with Crippen LogP contribution in [0, 0.1) is 6.92 Å². The molecule has 3 rings (SSSR count). The zero-order valence-electron chi connectivity index (χ0n) is 10.2. The molecule has 3 aromatic rings. The Kier molecular flexibility index (Phi) is 2.73. The van der Waals surface area contributed by atoms with E-state index in [1.165, 1.54) is 5.39 Å². The SMILES string of the molecule is Cc1[nH]c2ccccc2c1C=NCc1ccoc1. The van der Waals surface area contributed by atoms with E-state index >= 15 is 0 Å². The minimum absolute atomic E-state index is 0.648. The van der Waals surface area contributed by atoms with Crippen molar-refractivity contribution >= 4 is 17.1 Å². The Morgan fingerprint density at radius 1 is 1.28 bits per heavy atom. The minimum atomic E-state index is 0.648. The molecule has 18 heavy (non-hydrogen) atoms. The van der Waals surface area contributed by atoms with Crippen LogP contribution in [0.15, 0.2) is 52.3 Å². The number of aromatic amines is 1. The summed E-state index contributed by atoms with van der Waals surface area (Å²) in [5.41, 5.74) is 4.55. The van der Waals surface area contributed by atoms with Crippen molar-refractivity contribution in [1.82, 2.24) is 4.98 Å². The topological polar surface area (TPSA) is 41.3 Å². The number of rotatable bonds is 3. The number of aliphatic imine (C=N–C) groups is 1. The lowest BCUT2D eigenvalue weighted by Gasteiger charge is -1.93. The zero-order valence-corrected chi connectivity index (χ0v) is 10.2. The fourth-order valence-electron chi connectivity index (χ4n) is 2.09. The summed E-state index contributed by atoms with van der Waals surface area (Å²) in [6.07, 6.45) is 5.32. The molecule has 2 aromatic heterocycles. The molecule has 0 aliphatic carbocycles. The van der Waals surface area contributed by atoms with Gasteiger partial charge in [0.2, 0.25) is 0 Å². The first-order valence-electron chi connectivity index (χ1n) is 5.93. The van der Waals surface area contributed by atoms with Gasteiger partial charge in [0.15, 0.2) is 0 Å². The molecule has 0 atom stereocenters. The molecular weight excluding hydrogens is 224 g/mol. The number of aryl methyl sites for hydroxylation is 1. The van der Waals surface area contributed by atoms with E-state index in [1.54, 1.807) is 12.5 Å². The highest BCUT2D eigenvalue weighted by Crippen LogP contribution is 2.20. The summed E-state index contributed by atoms with van der Waals surface area (Å²) < 4.78 is 5.02. The Morgan fingerprint density at radius 3 is 3.00 bits per heavy atom. The number of benzene rings is 1. The molecule has 0 unspecified atom stereocenters. The maximum Gasteiger partial charge on any atom is 0.0953 e. The zero-order chi connectivity index (χ0) is 12.4. The molecule has 3 heteroatoms. The number of nitrogens with zero attached hydrogens (tertiary/aromatic N) is 1. The van der Waals surface area contributed by atoms with Gasteiger partial charge in [-0.05, 0) is 19.1 Å². The lowest BCUT2D eigenvalue weighted by atomic mass is 10.1. The molecule has 0 saturated carbocycles. The highest BCUT2D eigenvalue weighted by molar-refractivity contribution is 6.00. The summed E-state index contributed by atoms with van der Waals surface area (Å²) in [6, 6.07) is 10.2. The normalized spacial score (nSPS) is 11.6. The van der Waals surface area contributed by atoms with Crippen LogP contribution < -0.4 is 0 Å². The Labute approximate surface area is 105 Å². The molecule has 1 N–H and O–H groups in total. The molecule has 0 aliphatic heterocycles. The standard InChI is InChI=1S/C15H14N2O/c1-11-14(9-16-8-12-6-7-18-10-12)13-4-2-3-5-15(13)17-11/h2-7,9-10,17H,8H2,1H3. The van der Waals surface area contributed by atoms with E-state index < -0.39 is 0 Å². The third kappa shape index (κ3) is 1.95. The van der Waals surface area contributed by atoms with Gasteiger partial charge in [0, 0.05) is 33.9 Å². The Balaban J connectivity index is 1.90. The number of furan rings is 1. The second-order valence-corrected chi connectivity index (χ2v) is 4.31. The molecule has 0 saturated heterocycles. The molecule has 2 heterocycles. The monoisotopic (exact) mass is 238 g/mol. The van der Waals surface area contributed by atoms with Crippen molar-refractivity contribution in [3.63, 3.8) is 0 Å². The van der Waals surface area contributed by atoms with E-state index in [0.717, 1.165) is 22.3 Å². The van der Waals surface area contributed by atoms with Crippen molar-refractivity contribution in [2.24, 2.45) is 4.99 Å². The number of para-hydroxylation sites is 1. The van der Waals surface area contributed by atoms with Crippen LogP contribution in [0.5, 0.6) is 0 Å². The predicted octanol–water partition coefficient (Wildman–Crippen LogP) is 3.69. The first-order valence-corrected chi connectivity index (χ1v) is 5.93. The minimum Gasteiger partial charge on any atom is -0.472 e.